The number of rotatable bonds is 3. The fourth-order valence-corrected chi connectivity index (χ4v) is 3.29. The summed E-state index contributed by atoms with van der Waals surface area (Å²) in [7, 11) is -3.77. The van der Waals surface area contributed by atoms with Crippen molar-refractivity contribution < 1.29 is 8.42 Å². The zero-order valence-electron chi connectivity index (χ0n) is 9.73. The molecule has 0 aromatic heterocycles. The first-order chi connectivity index (χ1) is 8.88. The largest absolute Gasteiger partial charge is 0.280 e. The minimum absolute atomic E-state index is 0.0552. The van der Waals surface area contributed by atoms with E-state index in [1.807, 2.05) is 0 Å². The number of anilines is 1. The van der Waals surface area contributed by atoms with Gasteiger partial charge < -0.3 is 0 Å². The average Bonchev–Trinajstić information content (AvgIpc) is 2.35. The third-order valence-electron chi connectivity index (χ3n) is 2.39. The van der Waals surface area contributed by atoms with Gasteiger partial charge in [-0.05, 0) is 42.8 Å². The van der Waals surface area contributed by atoms with E-state index >= 15 is 0 Å². The summed E-state index contributed by atoms with van der Waals surface area (Å²) in [6.07, 6.45) is 0. The van der Waals surface area contributed by atoms with Crippen molar-refractivity contribution in [2.24, 2.45) is 0 Å². The summed E-state index contributed by atoms with van der Waals surface area (Å²) in [6, 6.07) is 10.9. The molecule has 3 nitrogen and oxygen atoms in total. The number of benzene rings is 2. The van der Waals surface area contributed by atoms with Crippen LogP contribution < -0.4 is 4.72 Å². The molecule has 0 saturated heterocycles. The summed E-state index contributed by atoms with van der Waals surface area (Å²) < 4.78 is 26.8. The Bertz CT molecular complexity index is 697. The fourth-order valence-electron chi connectivity index (χ4n) is 1.47. The van der Waals surface area contributed by atoms with E-state index in [1.54, 1.807) is 24.3 Å². The van der Waals surface area contributed by atoms with Crippen LogP contribution in [0.4, 0.5) is 5.69 Å². The SMILES string of the molecule is [CH2]c1ccc(NS(=O)(=O)c2cc(Cl)ccc2Cl)cc1. The van der Waals surface area contributed by atoms with Crippen molar-refractivity contribution in [3.8, 4) is 0 Å². The molecule has 0 amide bonds. The molecule has 19 heavy (non-hydrogen) atoms. The normalized spacial score (nSPS) is 11.3. The summed E-state index contributed by atoms with van der Waals surface area (Å²) in [6.45, 7) is 3.73. The van der Waals surface area contributed by atoms with Gasteiger partial charge in [0.1, 0.15) is 4.90 Å². The number of nitrogens with one attached hydrogen (secondary N) is 1. The Hall–Kier alpha value is -1.23. The molecule has 0 atom stereocenters. The molecule has 2 aromatic rings. The maximum absolute atomic E-state index is 12.2. The molecule has 0 saturated carbocycles. The lowest BCUT2D eigenvalue weighted by molar-refractivity contribution is 0.601. The van der Waals surface area contributed by atoms with Crippen molar-refractivity contribution >= 4 is 38.9 Å². The van der Waals surface area contributed by atoms with Gasteiger partial charge in [-0.25, -0.2) is 8.42 Å². The number of hydrogen-bond donors (Lipinski definition) is 1. The number of hydrogen-bond acceptors (Lipinski definition) is 2. The van der Waals surface area contributed by atoms with Crippen molar-refractivity contribution in [2.45, 2.75) is 4.90 Å². The molecule has 1 N–H and O–H groups in total. The van der Waals surface area contributed by atoms with E-state index in [-0.39, 0.29) is 9.92 Å². The molecule has 0 spiro atoms. The smallest absolute Gasteiger partial charge is 0.263 e. The first-order valence-corrected chi connectivity index (χ1v) is 7.52. The fraction of sp³-hybridized carbons (Fsp3) is 0. The molecule has 0 bridgehead atoms. The predicted octanol–water partition coefficient (Wildman–Crippen LogP) is 3.98. The van der Waals surface area contributed by atoms with Crippen LogP contribution in [-0.4, -0.2) is 8.42 Å². The van der Waals surface area contributed by atoms with Crippen LogP contribution in [0.3, 0.4) is 0 Å². The van der Waals surface area contributed by atoms with Crippen molar-refractivity contribution in [3.63, 3.8) is 0 Å². The van der Waals surface area contributed by atoms with Gasteiger partial charge in [0.15, 0.2) is 0 Å². The number of sulfonamides is 1. The highest BCUT2D eigenvalue weighted by atomic mass is 35.5. The quantitative estimate of drug-likeness (QED) is 0.931. The van der Waals surface area contributed by atoms with Gasteiger partial charge in [-0.15, -0.1) is 0 Å². The van der Waals surface area contributed by atoms with Crippen LogP contribution in [0.15, 0.2) is 47.4 Å². The summed E-state index contributed by atoms with van der Waals surface area (Å²) in [5, 5.41) is 0.420. The molecule has 0 fully saturated rings. The van der Waals surface area contributed by atoms with Gasteiger partial charge in [-0.3, -0.25) is 4.72 Å². The maximum atomic E-state index is 12.2. The highest BCUT2D eigenvalue weighted by Gasteiger charge is 2.18. The van der Waals surface area contributed by atoms with E-state index < -0.39 is 10.0 Å². The van der Waals surface area contributed by atoms with E-state index in [9.17, 15) is 8.42 Å². The zero-order valence-corrected chi connectivity index (χ0v) is 12.1. The van der Waals surface area contributed by atoms with E-state index in [4.69, 9.17) is 23.2 Å². The summed E-state index contributed by atoms with van der Waals surface area (Å²) in [5.74, 6) is 0. The second-order valence-electron chi connectivity index (χ2n) is 3.88. The van der Waals surface area contributed by atoms with Crippen LogP contribution in [0.25, 0.3) is 0 Å². The summed E-state index contributed by atoms with van der Waals surface area (Å²) in [5.41, 5.74) is 1.23. The molecule has 0 heterocycles. The van der Waals surface area contributed by atoms with Crippen LogP contribution in [-0.2, 0) is 10.0 Å². The van der Waals surface area contributed by atoms with Crippen molar-refractivity contribution in [1.82, 2.24) is 0 Å². The van der Waals surface area contributed by atoms with Gasteiger partial charge in [0.25, 0.3) is 10.0 Å². The molecule has 0 aliphatic heterocycles. The van der Waals surface area contributed by atoms with Crippen LogP contribution in [0.1, 0.15) is 5.56 Å². The lowest BCUT2D eigenvalue weighted by Crippen LogP contribution is -2.13. The molecule has 2 rings (SSSR count). The van der Waals surface area contributed by atoms with Gasteiger partial charge in [0.2, 0.25) is 0 Å². The maximum Gasteiger partial charge on any atom is 0.263 e. The van der Waals surface area contributed by atoms with Crippen molar-refractivity contribution in [2.75, 3.05) is 4.72 Å². The Labute approximate surface area is 122 Å². The number of halogens is 2. The Kier molecular flexibility index (Phi) is 4.04. The summed E-state index contributed by atoms with van der Waals surface area (Å²) >= 11 is 11.7. The standard InChI is InChI=1S/C13H10Cl2NO2S/c1-9-2-5-11(6-3-9)16-19(17,18)13-8-10(14)4-7-12(13)15/h2-8,16H,1H2. The molecular formula is C13H10Cl2NO2S. The first-order valence-electron chi connectivity index (χ1n) is 5.28. The zero-order chi connectivity index (χ0) is 14.0. The lowest BCUT2D eigenvalue weighted by Gasteiger charge is -2.10. The van der Waals surface area contributed by atoms with Gasteiger partial charge in [-0.2, -0.15) is 0 Å². The van der Waals surface area contributed by atoms with E-state index in [2.05, 4.69) is 11.6 Å². The highest BCUT2D eigenvalue weighted by molar-refractivity contribution is 7.92. The van der Waals surface area contributed by atoms with E-state index in [0.717, 1.165) is 5.56 Å². The van der Waals surface area contributed by atoms with Crippen LogP contribution >= 0.6 is 23.2 Å². The lowest BCUT2D eigenvalue weighted by atomic mass is 10.2. The second-order valence-corrected chi connectivity index (χ2v) is 6.37. The molecule has 0 aliphatic rings. The highest BCUT2D eigenvalue weighted by Crippen LogP contribution is 2.26. The van der Waals surface area contributed by atoms with Crippen LogP contribution in [0.2, 0.25) is 10.0 Å². The van der Waals surface area contributed by atoms with Gasteiger partial charge in [0, 0.05) is 10.7 Å². The third-order valence-corrected chi connectivity index (χ3v) is 4.49. The monoisotopic (exact) mass is 314 g/mol. The predicted molar refractivity (Wildman–Crippen MR) is 78.2 cm³/mol. The Morgan fingerprint density at radius 1 is 1.00 bits per heavy atom. The van der Waals surface area contributed by atoms with Crippen LogP contribution in [0.5, 0.6) is 0 Å². The van der Waals surface area contributed by atoms with Gasteiger partial charge >= 0.3 is 0 Å². The molecule has 1 radical (unpaired) electrons. The Morgan fingerprint density at radius 3 is 2.26 bits per heavy atom. The van der Waals surface area contributed by atoms with Crippen molar-refractivity contribution in [1.29, 1.82) is 0 Å². The molecular weight excluding hydrogens is 305 g/mol. The van der Waals surface area contributed by atoms with E-state index in [1.165, 1.54) is 18.2 Å². The van der Waals surface area contributed by atoms with Gasteiger partial charge in [0.05, 0.1) is 5.02 Å². The molecule has 99 valence electrons. The minimum Gasteiger partial charge on any atom is -0.280 e. The average molecular weight is 315 g/mol. The second kappa shape index (κ2) is 5.41. The topological polar surface area (TPSA) is 46.2 Å². The Morgan fingerprint density at radius 2 is 1.63 bits per heavy atom. The van der Waals surface area contributed by atoms with Gasteiger partial charge in [-0.1, -0.05) is 35.3 Å². The molecule has 6 heteroatoms. The van der Waals surface area contributed by atoms with Crippen molar-refractivity contribution in [3.05, 3.63) is 65.0 Å². The summed E-state index contributed by atoms with van der Waals surface area (Å²) in [4.78, 5) is -0.0552. The van der Waals surface area contributed by atoms with E-state index in [0.29, 0.717) is 10.7 Å². The molecule has 2 aromatic carbocycles. The minimum atomic E-state index is -3.77. The molecule has 0 unspecified atom stereocenters. The molecule has 0 aliphatic carbocycles. The third kappa shape index (κ3) is 3.41. The Balaban J connectivity index is 2.37. The van der Waals surface area contributed by atoms with Crippen LogP contribution in [0, 0.1) is 6.92 Å². The first kappa shape index (κ1) is 14.2.